The first kappa shape index (κ1) is 15.2. The number of aromatic nitrogens is 1. The van der Waals surface area contributed by atoms with Gasteiger partial charge in [-0.1, -0.05) is 61.5 Å². The fourth-order valence-electron chi connectivity index (χ4n) is 1.61. The molecule has 92 valence electrons. The van der Waals surface area contributed by atoms with E-state index in [1.807, 2.05) is 26.1 Å². The van der Waals surface area contributed by atoms with Gasteiger partial charge in [0.2, 0.25) is 0 Å². The summed E-state index contributed by atoms with van der Waals surface area (Å²) >= 11 is 0. The Morgan fingerprint density at radius 1 is 0.875 bits per heavy atom. The second kappa shape index (κ2) is 5.47. The van der Waals surface area contributed by atoms with Crippen LogP contribution in [0.3, 0.4) is 0 Å². The van der Waals surface area contributed by atoms with Gasteiger partial charge in [-0.3, -0.25) is 4.98 Å². The van der Waals surface area contributed by atoms with Crippen molar-refractivity contribution in [3.8, 4) is 0 Å². The topological polar surface area (TPSA) is 12.9 Å². The molecule has 0 aliphatic carbocycles. The highest BCUT2D eigenvalue weighted by Gasteiger charge is 2.25. The van der Waals surface area contributed by atoms with E-state index in [0.717, 1.165) is 0 Å². The number of hydrogen-bond donors (Lipinski definition) is 0. The summed E-state index contributed by atoms with van der Waals surface area (Å²) in [4.78, 5) is 4.52. The lowest BCUT2D eigenvalue weighted by Gasteiger charge is -2.28. The zero-order chi connectivity index (χ0) is 13.0. The highest BCUT2D eigenvalue weighted by atomic mass is 14.7. The molecule has 0 atom stereocenters. The van der Waals surface area contributed by atoms with Crippen LogP contribution in [0.4, 0.5) is 0 Å². The van der Waals surface area contributed by atoms with E-state index in [9.17, 15) is 0 Å². The lowest BCUT2D eigenvalue weighted by atomic mass is 9.78. The van der Waals surface area contributed by atoms with Crippen molar-refractivity contribution in [2.24, 2.45) is 0 Å². The molecule has 0 unspecified atom stereocenters. The molecule has 1 aromatic rings. The van der Waals surface area contributed by atoms with Gasteiger partial charge in [-0.15, -0.1) is 0 Å². The third-order valence-electron chi connectivity index (χ3n) is 2.33. The first-order chi connectivity index (χ1) is 7.23. The lowest BCUT2D eigenvalue weighted by Crippen LogP contribution is -2.23. The van der Waals surface area contributed by atoms with Crippen LogP contribution in [-0.4, -0.2) is 4.98 Å². The van der Waals surface area contributed by atoms with Crippen molar-refractivity contribution in [1.82, 2.24) is 4.98 Å². The molecule has 0 aromatic carbocycles. The smallest absolute Gasteiger partial charge is 0.0494 e. The Kier molecular flexibility index (Phi) is 5.18. The third-order valence-corrected chi connectivity index (χ3v) is 2.33. The molecule has 1 heteroatoms. The zero-order valence-corrected chi connectivity index (χ0v) is 12.2. The molecule has 0 N–H and O–H groups in total. The molecule has 0 aliphatic heterocycles. The Hall–Kier alpha value is -0.850. The van der Waals surface area contributed by atoms with Crippen LogP contribution in [0.15, 0.2) is 18.3 Å². The molecular formula is C15H27N. The Balaban J connectivity index is 0.00000106. The monoisotopic (exact) mass is 221 g/mol. The van der Waals surface area contributed by atoms with E-state index in [2.05, 4.69) is 52.6 Å². The molecule has 0 saturated heterocycles. The van der Waals surface area contributed by atoms with Crippen molar-refractivity contribution in [2.45, 2.75) is 66.2 Å². The van der Waals surface area contributed by atoms with E-state index < -0.39 is 0 Å². The molecule has 1 heterocycles. The molecule has 0 amide bonds. The molecule has 0 spiro atoms. The van der Waals surface area contributed by atoms with Crippen molar-refractivity contribution in [2.75, 3.05) is 0 Å². The summed E-state index contributed by atoms with van der Waals surface area (Å²) in [5.74, 6) is 0. The Bertz CT molecular complexity index is 280. The maximum atomic E-state index is 4.52. The van der Waals surface area contributed by atoms with E-state index >= 15 is 0 Å². The van der Waals surface area contributed by atoms with Gasteiger partial charge < -0.3 is 0 Å². The van der Waals surface area contributed by atoms with Crippen molar-refractivity contribution < 1.29 is 0 Å². The van der Waals surface area contributed by atoms with Crippen molar-refractivity contribution in [1.29, 1.82) is 0 Å². The minimum atomic E-state index is 0.129. The third kappa shape index (κ3) is 3.96. The zero-order valence-electron chi connectivity index (χ0n) is 12.2. The van der Waals surface area contributed by atoms with Crippen LogP contribution in [0.5, 0.6) is 0 Å². The van der Waals surface area contributed by atoms with E-state index in [1.165, 1.54) is 11.3 Å². The van der Waals surface area contributed by atoms with E-state index in [1.54, 1.807) is 0 Å². The minimum Gasteiger partial charge on any atom is -0.260 e. The largest absolute Gasteiger partial charge is 0.260 e. The maximum Gasteiger partial charge on any atom is 0.0494 e. The van der Waals surface area contributed by atoms with Gasteiger partial charge in [0.05, 0.1) is 0 Å². The standard InChI is InChI=1S/C13H21N.C2H6/c1-12(2,3)10-8-7-9-14-11(10)13(4,5)6;1-2/h7-9H,1-6H3;1-2H3. The first-order valence-corrected chi connectivity index (χ1v) is 6.19. The van der Waals surface area contributed by atoms with Crippen LogP contribution in [0.2, 0.25) is 0 Å². The quantitative estimate of drug-likeness (QED) is 0.618. The number of pyridine rings is 1. The first-order valence-electron chi connectivity index (χ1n) is 6.19. The molecule has 0 saturated carbocycles. The van der Waals surface area contributed by atoms with Gasteiger partial charge in [-0.05, 0) is 17.0 Å². The van der Waals surface area contributed by atoms with Crippen molar-refractivity contribution in [3.63, 3.8) is 0 Å². The summed E-state index contributed by atoms with van der Waals surface area (Å²) in [6.45, 7) is 17.3. The summed E-state index contributed by atoms with van der Waals surface area (Å²) in [7, 11) is 0. The van der Waals surface area contributed by atoms with Crippen LogP contribution < -0.4 is 0 Å². The van der Waals surface area contributed by atoms with Gasteiger partial charge in [0.15, 0.2) is 0 Å². The number of hydrogen-bond acceptors (Lipinski definition) is 1. The fraction of sp³-hybridized carbons (Fsp3) is 0.667. The highest BCUT2D eigenvalue weighted by molar-refractivity contribution is 5.31. The van der Waals surface area contributed by atoms with Crippen molar-refractivity contribution >= 4 is 0 Å². The van der Waals surface area contributed by atoms with Crippen LogP contribution in [-0.2, 0) is 10.8 Å². The molecule has 16 heavy (non-hydrogen) atoms. The van der Waals surface area contributed by atoms with Gasteiger partial charge in [0.25, 0.3) is 0 Å². The van der Waals surface area contributed by atoms with Gasteiger partial charge in [0.1, 0.15) is 0 Å². The van der Waals surface area contributed by atoms with E-state index in [4.69, 9.17) is 0 Å². The predicted molar refractivity (Wildman–Crippen MR) is 73.0 cm³/mol. The molecule has 0 bridgehead atoms. The molecule has 1 nitrogen and oxygen atoms in total. The van der Waals surface area contributed by atoms with Gasteiger partial charge in [-0.25, -0.2) is 0 Å². The molecular weight excluding hydrogens is 194 g/mol. The second-order valence-corrected chi connectivity index (χ2v) is 5.90. The van der Waals surface area contributed by atoms with Gasteiger partial charge >= 0.3 is 0 Å². The number of nitrogens with zero attached hydrogens (tertiary/aromatic N) is 1. The Labute approximate surface area is 101 Å². The SMILES string of the molecule is CC.CC(C)(C)c1cccnc1C(C)(C)C. The van der Waals surface area contributed by atoms with Crippen LogP contribution >= 0.6 is 0 Å². The Morgan fingerprint density at radius 3 is 1.69 bits per heavy atom. The van der Waals surface area contributed by atoms with Crippen molar-refractivity contribution in [3.05, 3.63) is 29.6 Å². The summed E-state index contributed by atoms with van der Waals surface area (Å²) in [6.07, 6.45) is 1.88. The van der Waals surface area contributed by atoms with Crippen LogP contribution in [0, 0.1) is 0 Å². The Morgan fingerprint density at radius 2 is 1.38 bits per heavy atom. The normalized spacial score (nSPS) is 11.8. The summed E-state index contributed by atoms with van der Waals surface area (Å²) < 4.78 is 0. The molecule has 1 aromatic heterocycles. The average molecular weight is 221 g/mol. The molecule has 1 rings (SSSR count). The second-order valence-electron chi connectivity index (χ2n) is 5.90. The summed E-state index contributed by atoms with van der Waals surface area (Å²) in [5.41, 5.74) is 2.88. The van der Waals surface area contributed by atoms with E-state index in [-0.39, 0.29) is 10.8 Å². The minimum absolute atomic E-state index is 0.129. The van der Waals surface area contributed by atoms with Crippen LogP contribution in [0.25, 0.3) is 0 Å². The summed E-state index contributed by atoms with van der Waals surface area (Å²) in [6, 6.07) is 4.21. The fourth-order valence-corrected chi connectivity index (χ4v) is 1.61. The molecule has 0 fully saturated rings. The van der Waals surface area contributed by atoms with E-state index in [0.29, 0.717) is 0 Å². The highest BCUT2D eigenvalue weighted by Crippen LogP contribution is 2.31. The summed E-state index contributed by atoms with van der Waals surface area (Å²) in [5, 5.41) is 0. The average Bonchev–Trinajstić information content (AvgIpc) is 2.18. The number of rotatable bonds is 0. The van der Waals surface area contributed by atoms with Crippen LogP contribution in [0.1, 0.15) is 66.6 Å². The van der Waals surface area contributed by atoms with Gasteiger partial charge in [-0.2, -0.15) is 0 Å². The maximum absolute atomic E-state index is 4.52. The lowest BCUT2D eigenvalue weighted by molar-refractivity contribution is 0.514. The molecule has 0 radical (unpaired) electrons. The predicted octanol–water partition coefficient (Wildman–Crippen LogP) is 4.70. The molecule has 0 aliphatic rings. The van der Waals surface area contributed by atoms with Gasteiger partial charge in [0, 0.05) is 17.3 Å².